The monoisotopic (exact) mass is 495 g/mol. The highest BCUT2D eigenvalue weighted by atomic mass is 35.5. The number of amides is 1. The van der Waals surface area contributed by atoms with Gasteiger partial charge in [0.2, 0.25) is 0 Å². The van der Waals surface area contributed by atoms with Crippen LogP contribution >= 0.6 is 11.6 Å². The molecule has 178 valence electrons. The van der Waals surface area contributed by atoms with Gasteiger partial charge in [0.25, 0.3) is 5.91 Å². The van der Waals surface area contributed by atoms with Gasteiger partial charge in [-0.3, -0.25) is 9.78 Å². The van der Waals surface area contributed by atoms with E-state index in [1.54, 1.807) is 12.1 Å². The zero-order valence-electron chi connectivity index (χ0n) is 18.8. The molecule has 5 rings (SSSR count). The van der Waals surface area contributed by atoms with Crippen molar-refractivity contribution in [1.82, 2.24) is 19.9 Å². The number of benzene rings is 2. The first-order valence-corrected chi connectivity index (χ1v) is 11.2. The molecule has 0 spiro atoms. The number of pyridine rings is 1. The molecule has 1 amide bonds. The molecule has 7 nitrogen and oxygen atoms in total. The van der Waals surface area contributed by atoms with Crippen LogP contribution in [0.3, 0.4) is 0 Å². The third-order valence-electron chi connectivity index (χ3n) is 6.03. The van der Waals surface area contributed by atoms with Crippen molar-refractivity contribution >= 4 is 45.0 Å². The SMILES string of the molecule is C=C(F)C(=O)N1CCN(c2nc(OC)nc3c(F)c(-c4cccc5cccc(Cl)c45)ncc23)CC1. The van der Waals surface area contributed by atoms with Crippen LogP contribution in [0, 0.1) is 5.82 Å². The van der Waals surface area contributed by atoms with Gasteiger partial charge in [-0.25, -0.2) is 8.78 Å². The van der Waals surface area contributed by atoms with Crippen molar-refractivity contribution in [1.29, 1.82) is 0 Å². The maximum Gasteiger partial charge on any atom is 0.318 e. The molecule has 3 heterocycles. The van der Waals surface area contributed by atoms with Gasteiger partial charge in [-0.1, -0.05) is 48.5 Å². The number of fused-ring (bicyclic) bond motifs is 2. The number of piperazine rings is 1. The van der Waals surface area contributed by atoms with Crippen molar-refractivity contribution in [3.05, 3.63) is 65.8 Å². The smallest absolute Gasteiger partial charge is 0.318 e. The van der Waals surface area contributed by atoms with E-state index in [1.807, 2.05) is 29.2 Å². The van der Waals surface area contributed by atoms with Gasteiger partial charge in [0.1, 0.15) is 17.0 Å². The van der Waals surface area contributed by atoms with E-state index >= 15 is 4.39 Å². The zero-order chi connectivity index (χ0) is 24.7. The van der Waals surface area contributed by atoms with Crippen molar-refractivity contribution in [2.45, 2.75) is 0 Å². The number of halogens is 3. The standard InChI is InChI=1S/C25H20ClF2N5O2/c1-14(27)24(34)33-11-9-32(10-12-33)23-17-13-29-21(20(28)22(17)30-25(31-23)35-2)16-7-3-5-15-6-4-8-18(26)19(15)16/h3-8,13H,1,9-12H2,2H3. The number of carbonyl (C=O) groups excluding carboxylic acids is 1. The molecule has 1 saturated heterocycles. The maximum atomic E-state index is 16.0. The highest BCUT2D eigenvalue weighted by molar-refractivity contribution is 6.36. The lowest BCUT2D eigenvalue weighted by Crippen LogP contribution is -2.49. The summed E-state index contributed by atoms with van der Waals surface area (Å²) in [6.07, 6.45) is 1.53. The number of hydrogen-bond acceptors (Lipinski definition) is 6. The lowest BCUT2D eigenvalue weighted by atomic mass is 10.0. The summed E-state index contributed by atoms with van der Waals surface area (Å²) in [7, 11) is 1.40. The van der Waals surface area contributed by atoms with Crippen molar-refractivity contribution in [2.24, 2.45) is 0 Å². The number of methoxy groups -OCH3 is 1. The molecule has 0 aliphatic carbocycles. The third kappa shape index (κ3) is 4.01. The molecular formula is C25H20ClF2N5O2. The Hall–Kier alpha value is -3.85. The van der Waals surface area contributed by atoms with E-state index in [4.69, 9.17) is 16.3 Å². The fourth-order valence-corrected chi connectivity index (χ4v) is 4.61. The molecular weight excluding hydrogens is 476 g/mol. The minimum atomic E-state index is -1.00. The van der Waals surface area contributed by atoms with Gasteiger partial charge < -0.3 is 14.5 Å². The zero-order valence-corrected chi connectivity index (χ0v) is 19.5. The fraction of sp³-hybridized carbons (Fsp3) is 0.200. The molecule has 0 radical (unpaired) electrons. The van der Waals surface area contributed by atoms with Gasteiger partial charge in [0.15, 0.2) is 11.6 Å². The molecule has 0 bridgehead atoms. The van der Waals surface area contributed by atoms with E-state index in [1.165, 1.54) is 18.2 Å². The Labute approximate surface area is 204 Å². The molecule has 10 heteroatoms. The number of aromatic nitrogens is 3. The summed E-state index contributed by atoms with van der Waals surface area (Å²) in [5.74, 6) is -1.94. The van der Waals surface area contributed by atoms with Crippen LogP contribution in [-0.4, -0.2) is 59.0 Å². The molecule has 2 aromatic heterocycles. The van der Waals surface area contributed by atoms with Crippen LogP contribution in [0.1, 0.15) is 0 Å². The van der Waals surface area contributed by atoms with Gasteiger partial charge in [0.05, 0.1) is 12.5 Å². The predicted octanol–water partition coefficient (Wildman–Crippen LogP) is 4.78. The Bertz CT molecular complexity index is 1480. The number of carbonyl (C=O) groups is 1. The van der Waals surface area contributed by atoms with Gasteiger partial charge in [-0.2, -0.15) is 9.97 Å². The fourth-order valence-electron chi connectivity index (χ4n) is 4.33. The number of anilines is 1. The van der Waals surface area contributed by atoms with E-state index in [9.17, 15) is 9.18 Å². The Morgan fingerprint density at radius 3 is 2.51 bits per heavy atom. The predicted molar refractivity (Wildman–Crippen MR) is 131 cm³/mol. The van der Waals surface area contributed by atoms with Gasteiger partial charge >= 0.3 is 6.01 Å². The number of ether oxygens (including phenoxy) is 1. The van der Waals surface area contributed by atoms with Crippen molar-refractivity contribution in [2.75, 3.05) is 38.2 Å². The molecule has 0 saturated carbocycles. The molecule has 0 atom stereocenters. The van der Waals surface area contributed by atoms with Crippen LogP contribution in [0.4, 0.5) is 14.6 Å². The van der Waals surface area contributed by atoms with Crippen molar-refractivity contribution in [3.63, 3.8) is 0 Å². The van der Waals surface area contributed by atoms with E-state index in [-0.39, 0.29) is 30.3 Å². The first kappa shape index (κ1) is 22.9. The second-order valence-electron chi connectivity index (χ2n) is 8.04. The Kier molecular flexibility index (Phi) is 5.94. The molecule has 0 unspecified atom stereocenters. The Balaban J connectivity index is 1.60. The average Bonchev–Trinajstić information content (AvgIpc) is 2.88. The first-order chi connectivity index (χ1) is 16.9. The van der Waals surface area contributed by atoms with Crippen LogP contribution in [0.2, 0.25) is 5.02 Å². The largest absolute Gasteiger partial charge is 0.467 e. The van der Waals surface area contributed by atoms with E-state index in [2.05, 4.69) is 21.5 Å². The summed E-state index contributed by atoms with van der Waals surface area (Å²) < 4.78 is 34.5. The van der Waals surface area contributed by atoms with Crippen molar-refractivity contribution < 1.29 is 18.3 Å². The molecule has 35 heavy (non-hydrogen) atoms. The average molecular weight is 496 g/mol. The number of nitrogens with zero attached hydrogens (tertiary/aromatic N) is 5. The Morgan fingerprint density at radius 1 is 1.11 bits per heavy atom. The molecule has 4 aromatic rings. The van der Waals surface area contributed by atoms with Crippen LogP contribution in [0.5, 0.6) is 6.01 Å². The highest BCUT2D eigenvalue weighted by Gasteiger charge is 2.27. The normalized spacial score (nSPS) is 13.9. The number of rotatable bonds is 4. The highest BCUT2D eigenvalue weighted by Crippen LogP contribution is 2.37. The lowest BCUT2D eigenvalue weighted by molar-refractivity contribution is -0.128. The van der Waals surface area contributed by atoms with Crippen LogP contribution in [0.25, 0.3) is 32.9 Å². The molecule has 1 aliphatic heterocycles. The maximum absolute atomic E-state index is 16.0. The van der Waals surface area contributed by atoms with Gasteiger partial charge in [-0.15, -0.1) is 0 Å². The Morgan fingerprint density at radius 2 is 1.83 bits per heavy atom. The van der Waals surface area contributed by atoms with E-state index < -0.39 is 17.6 Å². The van der Waals surface area contributed by atoms with Crippen molar-refractivity contribution in [3.8, 4) is 17.3 Å². The van der Waals surface area contributed by atoms with Gasteiger partial charge in [-0.05, 0) is 11.5 Å². The molecule has 1 fully saturated rings. The van der Waals surface area contributed by atoms with Crippen LogP contribution in [0.15, 0.2) is 55.0 Å². The topological polar surface area (TPSA) is 71.5 Å². The third-order valence-corrected chi connectivity index (χ3v) is 6.35. The van der Waals surface area contributed by atoms with E-state index in [0.717, 1.165) is 5.39 Å². The van der Waals surface area contributed by atoms with E-state index in [0.29, 0.717) is 40.3 Å². The minimum absolute atomic E-state index is 0.00450. The molecule has 0 N–H and O–H groups in total. The number of hydrogen-bond donors (Lipinski definition) is 0. The molecule has 2 aromatic carbocycles. The first-order valence-electron chi connectivity index (χ1n) is 10.9. The lowest BCUT2D eigenvalue weighted by Gasteiger charge is -2.35. The summed E-state index contributed by atoms with van der Waals surface area (Å²) in [5.41, 5.74) is 0.710. The quantitative estimate of drug-likeness (QED) is 0.379. The van der Waals surface area contributed by atoms with Gasteiger partial charge in [0, 0.05) is 48.3 Å². The summed E-state index contributed by atoms with van der Waals surface area (Å²) in [6, 6.07) is 11.0. The van der Waals surface area contributed by atoms with Crippen LogP contribution < -0.4 is 9.64 Å². The summed E-state index contributed by atoms with van der Waals surface area (Å²) in [6.45, 7) is 4.31. The summed E-state index contributed by atoms with van der Waals surface area (Å²) in [4.78, 5) is 28.3. The summed E-state index contributed by atoms with van der Waals surface area (Å²) >= 11 is 6.45. The minimum Gasteiger partial charge on any atom is -0.467 e. The molecule has 1 aliphatic rings. The summed E-state index contributed by atoms with van der Waals surface area (Å²) in [5, 5.41) is 2.44. The van der Waals surface area contributed by atoms with Crippen LogP contribution in [-0.2, 0) is 4.79 Å². The second-order valence-corrected chi connectivity index (χ2v) is 8.45. The second kappa shape index (κ2) is 9.07.